The highest BCUT2D eigenvalue weighted by molar-refractivity contribution is 5.86. The van der Waals surface area contributed by atoms with Gasteiger partial charge in [0.15, 0.2) is 5.65 Å². The second kappa shape index (κ2) is 9.18. The van der Waals surface area contributed by atoms with Gasteiger partial charge in [-0.2, -0.15) is 0 Å². The maximum Gasteiger partial charge on any atom is 0.242 e. The predicted octanol–water partition coefficient (Wildman–Crippen LogP) is 3.79. The minimum absolute atomic E-state index is 0.137. The summed E-state index contributed by atoms with van der Waals surface area (Å²) in [5.74, 6) is 0.717. The Labute approximate surface area is 190 Å². The zero-order chi connectivity index (χ0) is 22.8. The van der Waals surface area contributed by atoms with Crippen molar-refractivity contribution < 1.29 is 9.53 Å². The molecule has 2 aromatic heterocycles. The molecule has 3 aromatic rings. The van der Waals surface area contributed by atoms with Crippen LogP contribution in [-0.2, 0) is 24.8 Å². The number of rotatable bonds is 7. The number of benzene rings is 1. The third kappa shape index (κ3) is 4.16. The molecule has 1 aliphatic heterocycles. The molecule has 1 amide bonds. The van der Waals surface area contributed by atoms with E-state index in [1.165, 1.54) is 24.1 Å². The van der Waals surface area contributed by atoms with Crippen LogP contribution in [0.25, 0.3) is 11.0 Å². The Morgan fingerprint density at radius 3 is 2.62 bits per heavy atom. The van der Waals surface area contributed by atoms with Crippen LogP contribution in [0.1, 0.15) is 41.6 Å². The number of amides is 1. The highest BCUT2D eigenvalue weighted by Gasteiger charge is 2.20. The van der Waals surface area contributed by atoms with Gasteiger partial charge in [0.1, 0.15) is 0 Å². The third-order valence-corrected chi connectivity index (χ3v) is 6.58. The first kappa shape index (κ1) is 22.1. The van der Waals surface area contributed by atoms with E-state index in [4.69, 9.17) is 9.72 Å². The maximum absolute atomic E-state index is 13.0. The lowest BCUT2D eigenvalue weighted by Gasteiger charge is -2.24. The fraction of sp³-hybridized carbons (Fsp3) is 0.480. The number of pyridine rings is 1. The Balaban J connectivity index is 1.48. The van der Waals surface area contributed by atoms with Gasteiger partial charge in [-0.05, 0) is 55.9 Å². The van der Waals surface area contributed by atoms with Gasteiger partial charge in [-0.3, -0.25) is 4.79 Å². The molecule has 7 nitrogen and oxygen atoms in total. The number of carbonyl (C=O) groups excluding carboxylic acids is 1. The number of hydrogen-bond donors (Lipinski definition) is 0. The summed E-state index contributed by atoms with van der Waals surface area (Å²) >= 11 is 0. The fourth-order valence-corrected chi connectivity index (χ4v) is 4.78. The smallest absolute Gasteiger partial charge is 0.242 e. The van der Waals surface area contributed by atoms with Crippen LogP contribution in [0.5, 0.6) is 5.88 Å². The summed E-state index contributed by atoms with van der Waals surface area (Å²) < 4.78 is 7.20. The Morgan fingerprint density at radius 1 is 1.19 bits per heavy atom. The van der Waals surface area contributed by atoms with E-state index in [1.54, 1.807) is 11.8 Å². The first-order chi connectivity index (χ1) is 15.4. The van der Waals surface area contributed by atoms with Crippen molar-refractivity contribution in [1.29, 1.82) is 0 Å². The lowest BCUT2D eigenvalue weighted by molar-refractivity contribution is -0.130. The molecule has 0 unspecified atom stereocenters. The molecule has 0 aliphatic carbocycles. The largest absolute Gasteiger partial charge is 0.479 e. The second-order valence-corrected chi connectivity index (χ2v) is 8.70. The lowest BCUT2D eigenvalue weighted by atomic mass is 10.00. The Morgan fingerprint density at radius 2 is 1.91 bits per heavy atom. The van der Waals surface area contributed by atoms with Crippen LogP contribution in [-0.4, -0.2) is 52.8 Å². The number of aromatic nitrogens is 3. The number of nitrogens with zero attached hydrogens (tertiary/aromatic N) is 5. The predicted molar refractivity (Wildman–Crippen MR) is 127 cm³/mol. The van der Waals surface area contributed by atoms with Crippen LogP contribution in [0.4, 0.5) is 5.69 Å². The molecular weight excluding hydrogens is 402 g/mol. The van der Waals surface area contributed by atoms with E-state index < -0.39 is 0 Å². The van der Waals surface area contributed by atoms with E-state index in [0.29, 0.717) is 25.3 Å². The van der Waals surface area contributed by atoms with Crippen molar-refractivity contribution in [2.75, 3.05) is 32.1 Å². The first-order valence-electron chi connectivity index (χ1n) is 11.3. The number of ether oxygens (including phenoxy) is 1. The van der Waals surface area contributed by atoms with E-state index >= 15 is 0 Å². The highest BCUT2D eigenvalue weighted by atomic mass is 16.5. The van der Waals surface area contributed by atoms with Crippen molar-refractivity contribution in [1.82, 2.24) is 19.7 Å². The molecule has 1 aromatic carbocycles. The molecule has 32 heavy (non-hydrogen) atoms. The van der Waals surface area contributed by atoms with E-state index in [-0.39, 0.29) is 5.91 Å². The highest BCUT2D eigenvalue weighted by Crippen LogP contribution is 2.31. The van der Waals surface area contributed by atoms with Gasteiger partial charge in [0.2, 0.25) is 11.8 Å². The van der Waals surface area contributed by atoms with Gasteiger partial charge in [-0.25, -0.2) is 9.67 Å². The molecule has 0 radical (unpaired) electrons. The van der Waals surface area contributed by atoms with Crippen molar-refractivity contribution in [3.8, 4) is 5.88 Å². The van der Waals surface area contributed by atoms with Crippen molar-refractivity contribution in [2.45, 2.75) is 46.1 Å². The summed E-state index contributed by atoms with van der Waals surface area (Å²) in [6.07, 6.45) is 3.57. The summed E-state index contributed by atoms with van der Waals surface area (Å²) in [5.41, 5.74) is 6.41. The average Bonchev–Trinajstić information content (AvgIpc) is 3.42. The molecule has 1 aliphatic rings. The quantitative estimate of drug-likeness (QED) is 0.565. The zero-order valence-electron chi connectivity index (χ0n) is 19.8. The molecule has 0 N–H and O–H groups in total. The molecule has 0 atom stereocenters. The number of fused-ring (bicyclic) bond motifs is 1. The van der Waals surface area contributed by atoms with Crippen LogP contribution in [0.3, 0.4) is 0 Å². The van der Waals surface area contributed by atoms with Gasteiger partial charge < -0.3 is 14.5 Å². The van der Waals surface area contributed by atoms with Crippen LogP contribution in [0.2, 0.25) is 0 Å². The minimum atomic E-state index is 0.137. The van der Waals surface area contributed by atoms with Crippen LogP contribution in [0, 0.1) is 13.8 Å². The SMILES string of the molecule is COc1nn(C)c2nc(C)c(CCC(=O)N(C)Cc3ccccc3N3CCCC3)c(C)c12. The number of anilines is 1. The fourth-order valence-electron chi connectivity index (χ4n) is 4.78. The van der Waals surface area contributed by atoms with E-state index in [1.807, 2.05) is 25.9 Å². The van der Waals surface area contributed by atoms with Crippen LogP contribution >= 0.6 is 0 Å². The molecule has 0 saturated carbocycles. The lowest BCUT2D eigenvalue weighted by Crippen LogP contribution is -2.28. The van der Waals surface area contributed by atoms with Gasteiger partial charge in [0.05, 0.1) is 12.5 Å². The molecule has 4 rings (SSSR count). The normalized spacial score (nSPS) is 13.7. The molecule has 1 saturated heterocycles. The molecular formula is C25H33N5O2. The Kier molecular flexibility index (Phi) is 6.35. The Hall–Kier alpha value is -3.09. The van der Waals surface area contributed by atoms with Crippen molar-refractivity contribution in [3.05, 3.63) is 46.6 Å². The summed E-state index contributed by atoms with van der Waals surface area (Å²) in [6, 6.07) is 8.45. The first-order valence-corrected chi connectivity index (χ1v) is 11.3. The minimum Gasteiger partial charge on any atom is -0.479 e. The monoisotopic (exact) mass is 435 g/mol. The van der Waals surface area contributed by atoms with Crippen LogP contribution in [0.15, 0.2) is 24.3 Å². The van der Waals surface area contributed by atoms with Crippen molar-refractivity contribution >= 4 is 22.6 Å². The number of para-hydroxylation sites is 1. The molecule has 3 heterocycles. The van der Waals surface area contributed by atoms with Crippen molar-refractivity contribution in [2.24, 2.45) is 7.05 Å². The van der Waals surface area contributed by atoms with E-state index in [0.717, 1.165) is 40.9 Å². The number of hydrogen-bond acceptors (Lipinski definition) is 5. The number of aryl methyl sites for hydroxylation is 3. The zero-order valence-corrected chi connectivity index (χ0v) is 19.8. The van der Waals surface area contributed by atoms with Gasteiger partial charge in [-0.15, -0.1) is 5.10 Å². The van der Waals surface area contributed by atoms with Gasteiger partial charge in [0, 0.05) is 51.5 Å². The summed E-state index contributed by atoms with van der Waals surface area (Å²) in [6.45, 7) is 6.89. The average molecular weight is 436 g/mol. The van der Waals surface area contributed by atoms with Crippen molar-refractivity contribution in [3.63, 3.8) is 0 Å². The standard InChI is InChI=1S/C25H33N5O2/c1-17-20(18(2)26-24-23(17)25(32-5)27-29(24)4)12-13-22(31)28(3)16-19-10-6-7-11-21(19)30-14-8-9-15-30/h6-7,10-11H,8-9,12-16H2,1-5H3. The molecule has 7 heteroatoms. The third-order valence-electron chi connectivity index (χ3n) is 6.58. The molecule has 0 bridgehead atoms. The summed E-state index contributed by atoms with van der Waals surface area (Å²) in [7, 11) is 5.39. The topological polar surface area (TPSA) is 63.5 Å². The molecule has 1 fully saturated rings. The molecule has 170 valence electrons. The van der Waals surface area contributed by atoms with E-state index in [9.17, 15) is 4.79 Å². The van der Waals surface area contributed by atoms with Gasteiger partial charge in [-0.1, -0.05) is 18.2 Å². The summed E-state index contributed by atoms with van der Waals surface area (Å²) in [5, 5.41) is 5.34. The molecule has 0 spiro atoms. The maximum atomic E-state index is 13.0. The second-order valence-electron chi connectivity index (χ2n) is 8.70. The number of methoxy groups -OCH3 is 1. The van der Waals surface area contributed by atoms with Gasteiger partial charge in [0.25, 0.3) is 0 Å². The van der Waals surface area contributed by atoms with Gasteiger partial charge >= 0.3 is 0 Å². The number of carbonyl (C=O) groups is 1. The Bertz CT molecular complexity index is 1130. The van der Waals surface area contributed by atoms with Crippen LogP contribution < -0.4 is 9.64 Å². The van der Waals surface area contributed by atoms with E-state index in [2.05, 4.69) is 41.2 Å². The summed E-state index contributed by atoms with van der Waals surface area (Å²) in [4.78, 5) is 22.0.